The number of aliphatic hydroxyl groups excluding tert-OH is 4. The van der Waals surface area contributed by atoms with Crippen molar-refractivity contribution in [2.75, 3.05) is 6.61 Å². The van der Waals surface area contributed by atoms with E-state index in [9.17, 15) is 20.1 Å². The van der Waals surface area contributed by atoms with Crippen molar-refractivity contribution in [2.45, 2.75) is 37.6 Å². The maximum Gasteiger partial charge on any atom is 0.336 e. The van der Waals surface area contributed by atoms with Crippen LogP contribution >= 0.6 is 0 Å². The number of fused-ring (bicyclic) bond motifs is 1. The second-order valence-electron chi connectivity index (χ2n) is 5.72. The summed E-state index contributed by atoms with van der Waals surface area (Å²) >= 11 is 0. The molecule has 0 bridgehead atoms. The standard InChI is InChI=1S/C16H18O8/c1-7-4-12(18)23-10-5-8(2-3-9(7)10)22-16-15(21)14(20)13(19)11(6-17)24-16/h2-5,11,13-17,19-21H,6H2,1H3/t11-,13+,14-,15-,16-/m0/s1. The van der Waals surface area contributed by atoms with Crippen molar-refractivity contribution in [1.82, 2.24) is 0 Å². The summed E-state index contributed by atoms with van der Waals surface area (Å²) in [5.74, 6) is 0.237. The second kappa shape index (κ2) is 6.50. The minimum atomic E-state index is -1.53. The molecule has 1 aromatic heterocycles. The molecule has 24 heavy (non-hydrogen) atoms. The highest BCUT2D eigenvalue weighted by atomic mass is 16.7. The number of benzene rings is 1. The van der Waals surface area contributed by atoms with Crippen LogP contribution in [0.5, 0.6) is 5.75 Å². The second-order valence-corrected chi connectivity index (χ2v) is 5.72. The summed E-state index contributed by atoms with van der Waals surface area (Å²) < 4.78 is 15.9. The van der Waals surface area contributed by atoms with Crippen LogP contribution in [0, 0.1) is 6.92 Å². The molecule has 8 heteroatoms. The molecule has 3 rings (SSSR count). The van der Waals surface area contributed by atoms with Crippen LogP contribution in [-0.4, -0.2) is 57.7 Å². The van der Waals surface area contributed by atoms with Crippen LogP contribution in [0.1, 0.15) is 5.56 Å². The zero-order valence-corrected chi connectivity index (χ0v) is 12.8. The fourth-order valence-electron chi connectivity index (χ4n) is 2.68. The Kier molecular flexibility index (Phi) is 4.57. The van der Waals surface area contributed by atoms with Crippen molar-refractivity contribution in [2.24, 2.45) is 0 Å². The molecular formula is C16H18O8. The van der Waals surface area contributed by atoms with Gasteiger partial charge in [-0.2, -0.15) is 0 Å². The van der Waals surface area contributed by atoms with Gasteiger partial charge in [-0.3, -0.25) is 0 Å². The van der Waals surface area contributed by atoms with E-state index in [0.717, 1.165) is 10.9 Å². The van der Waals surface area contributed by atoms with Gasteiger partial charge >= 0.3 is 5.63 Å². The van der Waals surface area contributed by atoms with Crippen molar-refractivity contribution in [3.63, 3.8) is 0 Å². The molecule has 2 heterocycles. The number of aliphatic hydroxyl groups is 4. The van der Waals surface area contributed by atoms with Crippen molar-refractivity contribution >= 4 is 11.0 Å². The van der Waals surface area contributed by atoms with Crippen LogP contribution in [-0.2, 0) is 4.74 Å². The number of hydrogen-bond donors (Lipinski definition) is 4. The number of aryl methyl sites for hydroxylation is 1. The minimum absolute atomic E-state index is 0.237. The van der Waals surface area contributed by atoms with E-state index in [0.29, 0.717) is 5.58 Å². The van der Waals surface area contributed by atoms with Gasteiger partial charge in [-0.1, -0.05) is 0 Å². The summed E-state index contributed by atoms with van der Waals surface area (Å²) in [5.41, 5.74) is 0.563. The van der Waals surface area contributed by atoms with E-state index in [1.165, 1.54) is 12.1 Å². The lowest BCUT2D eigenvalue weighted by Gasteiger charge is -2.39. The van der Waals surface area contributed by atoms with Crippen LogP contribution < -0.4 is 10.4 Å². The fraction of sp³-hybridized carbons (Fsp3) is 0.438. The van der Waals surface area contributed by atoms with Gasteiger partial charge in [0.15, 0.2) is 0 Å². The molecule has 0 amide bonds. The molecule has 0 spiro atoms. The normalized spacial score (nSPS) is 30.5. The number of rotatable bonds is 3. The largest absolute Gasteiger partial charge is 0.462 e. The van der Waals surface area contributed by atoms with Crippen LogP contribution in [0.2, 0.25) is 0 Å². The third-order valence-electron chi connectivity index (χ3n) is 4.02. The van der Waals surface area contributed by atoms with E-state index < -0.39 is 42.9 Å². The lowest BCUT2D eigenvalue weighted by atomic mass is 9.99. The number of ether oxygens (including phenoxy) is 2. The Hall–Kier alpha value is -1.97. The van der Waals surface area contributed by atoms with Gasteiger partial charge in [-0.25, -0.2) is 4.79 Å². The Balaban J connectivity index is 1.87. The quantitative estimate of drug-likeness (QED) is 0.540. The Morgan fingerprint density at radius 3 is 2.58 bits per heavy atom. The van der Waals surface area contributed by atoms with Gasteiger partial charge in [0.2, 0.25) is 6.29 Å². The van der Waals surface area contributed by atoms with E-state index in [4.69, 9.17) is 19.0 Å². The SMILES string of the molecule is Cc1cc(=O)oc2cc(O[C@H]3O[C@@H](CO)[C@@H](O)[C@H](O)[C@@H]3O)ccc12. The fourth-order valence-corrected chi connectivity index (χ4v) is 2.68. The molecule has 4 N–H and O–H groups in total. The Morgan fingerprint density at radius 1 is 1.12 bits per heavy atom. The highest BCUT2D eigenvalue weighted by Gasteiger charge is 2.44. The smallest absolute Gasteiger partial charge is 0.336 e. The Morgan fingerprint density at radius 2 is 1.88 bits per heavy atom. The molecule has 0 aliphatic carbocycles. The molecular weight excluding hydrogens is 320 g/mol. The molecule has 5 atom stereocenters. The molecule has 1 aromatic carbocycles. The first-order valence-electron chi connectivity index (χ1n) is 7.42. The first-order valence-corrected chi connectivity index (χ1v) is 7.42. The summed E-state index contributed by atoms with van der Waals surface area (Å²) in [6.07, 6.45) is -6.85. The third kappa shape index (κ3) is 3.02. The molecule has 0 unspecified atom stereocenters. The molecule has 1 aliphatic heterocycles. The van der Waals surface area contributed by atoms with E-state index in [2.05, 4.69) is 0 Å². The zero-order valence-electron chi connectivity index (χ0n) is 12.8. The van der Waals surface area contributed by atoms with Crippen LogP contribution in [0.15, 0.2) is 33.5 Å². The maximum absolute atomic E-state index is 11.5. The van der Waals surface area contributed by atoms with Crippen molar-refractivity contribution in [3.05, 3.63) is 40.2 Å². The lowest BCUT2D eigenvalue weighted by molar-refractivity contribution is -0.277. The summed E-state index contributed by atoms with van der Waals surface area (Å²) in [7, 11) is 0. The molecule has 0 saturated carbocycles. The highest BCUT2D eigenvalue weighted by molar-refractivity contribution is 5.81. The number of hydrogen-bond acceptors (Lipinski definition) is 8. The summed E-state index contributed by atoms with van der Waals surface area (Å²) in [6, 6.07) is 6.12. The predicted octanol–water partition coefficient (Wildman–Crippen LogP) is -0.720. The summed E-state index contributed by atoms with van der Waals surface area (Å²) in [6.45, 7) is 1.23. The summed E-state index contributed by atoms with van der Waals surface area (Å²) in [4.78, 5) is 11.5. The first kappa shape index (κ1) is 16.9. The van der Waals surface area contributed by atoms with Crippen LogP contribution in [0.3, 0.4) is 0 Å². The average Bonchev–Trinajstić information content (AvgIpc) is 2.55. The van der Waals surface area contributed by atoms with Crippen LogP contribution in [0.4, 0.5) is 0 Å². The van der Waals surface area contributed by atoms with E-state index in [-0.39, 0.29) is 5.75 Å². The third-order valence-corrected chi connectivity index (χ3v) is 4.02. The highest BCUT2D eigenvalue weighted by Crippen LogP contribution is 2.27. The van der Waals surface area contributed by atoms with Crippen molar-refractivity contribution < 1.29 is 34.3 Å². The first-order chi connectivity index (χ1) is 11.4. The van der Waals surface area contributed by atoms with Gasteiger partial charge in [0.25, 0.3) is 0 Å². The minimum Gasteiger partial charge on any atom is -0.462 e. The van der Waals surface area contributed by atoms with Crippen LogP contribution in [0.25, 0.3) is 11.0 Å². The molecule has 1 saturated heterocycles. The van der Waals surface area contributed by atoms with E-state index in [1.807, 2.05) is 0 Å². The molecule has 8 nitrogen and oxygen atoms in total. The van der Waals surface area contributed by atoms with E-state index in [1.54, 1.807) is 19.1 Å². The monoisotopic (exact) mass is 338 g/mol. The van der Waals surface area contributed by atoms with Gasteiger partial charge in [-0.05, 0) is 24.6 Å². The maximum atomic E-state index is 11.5. The molecule has 1 aliphatic rings. The Bertz CT molecular complexity index is 783. The summed E-state index contributed by atoms with van der Waals surface area (Å²) in [5, 5.41) is 39.4. The van der Waals surface area contributed by atoms with Crippen molar-refractivity contribution in [3.8, 4) is 5.75 Å². The van der Waals surface area contributed by atoms with Gasteiger partial charge in [0, 0.05) is 17.5 Å². The predicted molar refractivity (Wildman–Crippen MR) is 81.6 cm³/mol. The molecule has 1 fully saturated rings. The van der Waals surface area contributed by atoms with Gasteiger partial charge in [-0.15, -0.1) is 0 Å². The lowest BCUT2D eigenvalue weighted by Crippen LogP contribution is -2.60. The molecule has 2 aromatic rings. The van der Waals surface area contributed by atoms with Gasteiger partial charge in [0.05, 0.1) is 6.61 Å². The zero-order chi connectivity index (χ0) is 17.4. The molecule has 0 radical (unpaired) electrons. The van der Waals surface area contributed by atoms with Gasteiger partial charge in [0.1, 0.15) is 35.7 Å². The average molecular weight is 338 g/mol. The van der Waals surface area contributed by atoms with E-state index >= 15 is 0 Å². The topological polar surface area (TPSA) is 130 Å². The van der Waals surface area contributed by atoms with Gasteiger partial charge < -0.3 is 34.3 Å². The van der Waals surface area contributed by atoms with Crippen molar-refractivity contribution in [1.29, 1.82) is 0 Å². The molecule has 130 valence electrons. The Labute approximate surface area is 136 Å².